The van der Waals surface area contributed by atoms with E-state index in [1.165, 1.54) is 0 Å². The first-order valence-electron chi connectivity index (χ1n) is 8.66. The lowest BCUT2D eigenvalue weighted by Gasteiger charge is -2.13. The predicted octanol–water partition coefficient (Wildman–Crippen LogP) is 1.80. The maximum Gasteiger partial charge on any atom is 0.251 e. The molecule has 0 bridgehead atoms. The van der Waals surface area contributed by atoms with Crippen molar-refractivity contribution in [2.75, 3.05) is 34.4 Å². The molecule has 0 aliphatic rings. The van der Waals surface area contributed by atoms with Crippen LogP contribution in [0, 0.1) is 0 Å². The van der Waals surface area contributed by atoms with Crippen LogP contribution in [-0.4, -0.2) is 46.2 Å². The number of benzene rings is 2. The van der Waals surface area contributed by atoms with Crippen LogP contribution in [0.5, 0.6) is 11.5 Å². The van der Waals surface area contributed by atoms with E-state index in [1.54, 1.807) is 45.5 Å². The Morgan fingerprint density at radius 1 is 0.926 bits per heavy atom. The molecule has 2 rings (SSSR count). The van der Waals surface area contributed by atoms with Crippen LogP contribution >= 0.6 is 0 Å². The minimum atomic E-state index is -0.143. The van der Waals surface area contributed by atoms with Crippen LogP contribution < -0.4 is 25.4 Å². The smallest absolute Gasteiger partial charge is 0.251 e. The molecular formula is C20H26N4O3. The summed E-state index contributed by atoms with van der Waals surface area (Å²) in [5.41, 5.74) is 1.65. The number of hydrogen-bond acceptors (Lipinski definition) is 4. The summed E-state index contributed by atoms with van der Waals surface area (Å²) in [5.74, 6) is 1.99. The number of carbonyl (C=O) groups is 1. The van der Waals surface area contributed by atoms with Crippen molar-refractivity contribution in [1.82, 2.24) is 16.0 Å². The second kappa shape index (κ2) is 10.7. The van der Waals surface area contributed by atoms with E-state index in [1.807, 2.05) is 24.3 Å². The molecular weight excluding hydrogens is 344 g/mol. The van der Waals surface area contributed by atoms with Gasteiger partial charge in [-0.05, 0) is 35.9 Å². The first-order chi connectivity index (χ1) is 13.2. The van der Waals surface area contributed by atoms with Gasteiger partial charge in [-0.2, -0.15) is 0 Å². The van der Waals surface area contributed by atoms with Gasteiger partial charge in [0.05, 0.1) is 14.2 Å². The monoisotopic (exact) mass is 370 g/mol. The highest BCUT2D eigenvalue weighted by atomic mass is 16.5. The maximum atomic E-state index is 12.1. The Morgan fingerprint density at radius 2 is 1.59 bits per heavy atom. The van der Waals surface area contributed by atoms with Crippen molar-refractivity contribution >= 4 is 11.9 Å². The molecule has 0 unspecified atom stereocenters. The molecule has 7 nitrogen and oxygen atoms in total. The van der Waals surface area contributed by atoms with Crippen molar-refractivity contribution in [3.05, 3.63) is 59.7 Å². The third kappa shape index (κ3) is 6.54. The van der Waals surface area contributed by atoms with Gasteiger partial charge in [-0.1, -0.05) is 18.2 Å². The first kappa shape index (κ1) is 20.1. The topological polar surface area (TPSA) is 84.0 Å². The number of methoxy groups -OCH3 is 2. The van der Waals surface area contributed by atoms with Gasteiger partial charge in [0, 0.05) is 32.2 Å². The van der Waals surface area contributed by atoms with Gasteiger partial charge in [0.15, 0.2) is 5.96 Å². The third-order valence-electron chi connectivity index (χ3n) is 3.85. The van der Waals surface area contributed by atoms with Gasteiger partial charge in [-0.3, -0.25) is 9.79 Å². The molecule has 1 amide bonds. The van der Waals surface area contributed by atoms with Crippen LogP contribution in [0.25, 0.3) is 0 Å². The van der Waals surface area contributed by atoms with E-state index in [2.05, 4.69) is 20.9 Å². The van der Waals surface area contributed by atoms with Crippen molar-refractivity contribution in [2.45, 2.75) is 6.54 Å². The highest BCUT2D eigenvalue weighted by molar-refractivity contribution is 5.94. The van der Waals surface area contributed by atoms with Crippen LogP contribution in [-0.2, 0) is 6.54 Å². The minimum absolute atomic E-state index is 0.143. The zero-order chi connectivity index (χ0) is 19.5. The lowest BCUT2D eigenvalue weighted by Crippen LogP contribution is -2.41. The molecule has 0 radical (unpaired) electrons. The number of rotatable bonds is 8. The molecule has 3 N–H and O–H groups in total. The van der Waals surface area contributed by atoms with Gasteiger partial charge in [-0.25, -0.2) is 0 Å². The van der Waals surface area contributed by atoms with Crippen LogP contribution in [0.3, 0.4) is 0 Å². The summed E-state index contributed by atoms with van der Waals surface area (Å²) in [7, 11) is 4.92. The Hall–Kier alpha value is -3.22. The van der Waals surface area contributed by atoms with E-state index in [9.17, 15) is 4.79 Å². The number of hydrogen-bond donors (Lipinski definition) is 3. The van der Waals surface area contributed by atoms with Crippen LogP contribution in [0.1, 0.15) is 15.9 Å². The second-order valence-electron chi connectivity index (χ2n) is 5.69. The minimum Gasteiger partial charge on any atom is -0.497 e. The molecule has 27 heavy (non-hydrogen) atoms. The molecule has 0 saturated heterocycles. The van der Waals surface area contributed by atoms with Gasteiger partial charge >= 0.3 is 0 Å². The number of nitrogens with zero attached hydrogens (tertiary/aromatic N) is 1. The van der Waals surface area contributed by atoms with E-state index in [0.29, 0.717) is 36.9 Å². The van der Waals surface area contributed by atoms with Crippen molar-refractivity contribution in [3.8, 4) is 11.5 Å². The molecule has 0 aliphatic carbocycles. The fraction of sp³-hybridized carbons (Fsp3) is 0.300. The van der Waals surface area contributed by atoms with E-state index in [4.69, 9.17) is 9.47 Å². The Balaban J connectivity index is 1.73. The summed E-state index contributed by atoms with van der Waals surface area (Å²) < 4.78 is 10.3. The van der Waals surface area contributed by atoms with E-state index in [-0.39, 0.29) is 5.91 Å². The molecule has 0 aromatic heterocycles. The fourth-order valence-electron chi connectivity index (χ4n) is 2.41. The molecule has 0 heterocycles. The van der Waals surface area contributed by atoms with Crippen molar-refractivity contribution < 1.29 is 14.3 Å². The molecule has 0 spiro atoms. The summed E-state index contributed by atoms with van der Waals surface area (Å²) in [6.45, 7) is 1.64. The largest absolute Gasteiger partial charge is 0.497 e. The quantitative estimate of drug-likeness (QED) is 0.375. The van der Waals surface area contributed by atoms with Crippen molar-refractivity contribution in [2.24, 2.45) is 4.99 Å². The fourth-order valence-corrected chi connectivity index (χ4v) is 2.41. The predicted molar refractivity (Wildman–Crippen MR) is 107 cm³/mol. The molecule has 0 saturated carbocycles. The number of aliphatic imine (C=N–C) groups is 1. The lowest BCUT2D eigenvalue weighted by molar-refractivity contribution is 0.0954. The van der Waals surface area contributed by atoms with Crippen LogP contribution in [0.4, 0.5) is 0 Å². The number of amides is 1. The molecule has 2 aromatic rings. The Labute approximate surface area is 159 Å². The summed E-state index contributed by atoms with van der Waals surface area (Å²) in [6, 6.07) is 14.9. The average molecular weight is 370 g/mol. The Kier molecular flexibility index (Phi) is 7.96. The molecule has 0 fully saturated rings. The van der Waals surface area contributed by atoms with Gasteiger partial charge in [0.1, 0.15) is 11.5 Å². The highest BCUT2D eigenvalue weighted by Gasteiger charge is 2.06. The average Bonchev–Trinajstić information content (AvgIpc) is 2.73. The van der Waals surface area contributed by atoms with Gasteiger partial charge in [0.25, 0.3) is 5.91 Å². The number of carbonyl (C=O) groups excluding carboxylic acids is 1. The molecule has 7 heteroatoms. The second-order valence-corrected chi connectivity index (χ2v) is 5.69. The Morgan fingerprint density at radius 3 is 2.30 bits per heavy atom. The van der Waals surface area contributed by atoms with Gasteiger partial charge < -0.3 is 25.4 Å². The normalized spacial score (nSPS) is 10.9. The lowest BCUT2D eigenvalue weighted by atomic mass is 10.2. The zero-order valence-electron chi connectivity index (χ0n) is 15.9. The van der Waals surface area contributed by atoms with E-state index >= 15 is 0 Å². The molecule has 0 atom stereocenters. The van der Waals surface area contributed by atoms with Gasteiger partial charge in [0.2, 0.25) is 0 Å². The maximum absolute atomic E-state index is 12.1. The summed E-state index contributed by atoms with van der Waals surface area (Å²) in [6.07, 6.45) is 0. The van der Waals surface area contributed by atoms with Crippen LogP contribution in [0.2, 0.25) is 0 Å². The number of ether oxygens (including phenoxy) is 2. The zero-order valence-corrected chi connectivity index (χ0v) is 15.9. The Bertz CT molecular complexity index is 777. The summed E-state index contributed by atoms with van der Waals surface area (Å²) >= 11 is 0. The SMILES string of the molecule is CN=C(NCCNC(=O)c1cccc(OC)c1)NCc1cccc(OC)c1. The molecule has 2 aromatic carbocycles. The standard InChI is InChI=1S/C20H26N4O3/c1-21-20(24-14-15-6-4-8-17(12-15)26-2)23-11-10-22-19(25)16-7-5-9-18(13-16)27-3/h4-9,12-13H,10-11,14H2,1-3H3,(H,22,25)(H2,21,23,24). The number of nitrogens with one attached hydrogen (secondary N) is 3. The highest BCUT2D eigenvalue weighted by Crippen LogP contribution is 2.12. The van der Waals surface area contributed by atoms with Gasteiger partial charge in [-0.15, -0.1) is 0 Å². The van der Waals surface area contributed by atoms with E-state index in [0.717, 1.165) is 11.3 Å². The third-order valence-corrected chi connectivity index (χ3v) is 3.85. The van der Waals surface area contributed by atoms with E-state index < -0.39 is 0 Å². The van der Waals surface area contributed by atoms with Crippen molar-refractivity contribution in [1.29, 1.82) is 0 Å². The summed E-state index contributed by atoms with van der Waals surface area (Å²) in [4.78, 5) is 16.3. The van der Waals surface area contributed by atoms with Crippen LogP contribution in [0.15, 0.2) is 53.5 Å². The number of guanidine groups is 1. The summed E-state index contributed by atoms with van der Waals surface area (Å²) in [5, 5.41) is 9.25. The van der Waals surface area contributed by atoms with Crippen molar-refractivity contribution in [3.63, 3.8) is 0 Å². The first-order valence-corrected chi connectivity index (χ1v) is 8.66. The molecule has 0 aliphatic heterocycles. The molecule has 144 valence electrons.